The molecule has 1 aliphatic rings. The first-order chi connectivity index (χ1) is 12.0. The summed E-state index contributed by atoms with van der Waals surface area (Å²) in [5.74, 6) is -1.34. The molecule has 1 unspecified atom stereocenters. The van der Waals surface area contributed by atoms with Crippen LogP contribution in [0.5, 0.6) is 0 Å². The number of aromatic amines is 1. The van der Waals surface area contributed by atoms with Gasteiger partial charge in [0.2, 0.25) is 5.56 Å². The third kappa shape index (κ3) is 3.76. The van der Waals surface area contributed by atoms with Gasteiger partial charge in [0.25, 0.3) is 5.91 Å². The van der Waals surface area contributed by atoms with Crippen molar-refractivity contribution in [2.45, 2.75) is 13.0 Å². The molecule has 132 valence electrons. The van der Waals surface area contributed by atoms with Crippen molar-refractivity contribution in [3.8, 4) is 0 Å². The van der Waals surface area contributed by atoms with Gasteiger partial charge in [0.15, 0.2) is 0 Å². The standard InChI is InChI=1S/C18H19F2N3O2/c1-12(15-3-2-14(19)11-16(15)20)22-6-8-23(9-7-22)18(25)13-4-5-21-17(24)10-13/h2-5,10-12H,6-9H2,1H3,(H,21,24). The van der Waals surface area contributed by atoms with E-state index < -0.39 is 11.6 Å². The van der Waals surface area contributed by atoms with E-state index in [-0.39, 0.29) is 17.5 Å². The Morgan fingerprint density at radius 2 is 1.84 bits per heavy atom. The van der Waals surface area contributed by atoms with Crippen LogP contribution in [0.2, 0.25) is 0 Å². The maximum Gasteiger partial charge on any atom is 0.254 e. The summed E-state index contributed by atoms with van der Waals surface area (Å²) in [7, 11) is 0. The lowest BCUT2D eigenvalue weighted by Gasteiger charge is -2.38. The molecule has 0 aliphatic carbocycles. The Bertz CT molecular complexity index is 829. The molecule has 2 heterocycles. The van der Waals surface area contributed by atoms with E-state index in [4.69, 9.17) is 0 Å². The van der Waals surface area contributed by atoms with Crippen molar-refractivity contribution in [2.75, 3.05) is 26.2 Å². The zero-order valence-electron chi connectivity index (χ0n) is 13.8. The van der Waals surface area contributed by atoms with E-state index in [9.17, 15) is 18.4 Å². The molecule has 1 atom stereocenters. The fourth-order valence-electron chi connectivity index (χ4n) is 3.11. The van der Waals surface area contributed by atoms with E-state index >= 15 is 0 Å². The highest BCUT2D eigenvalue weighted by Gasteiger charge is 2.26. The molecule has 25 heavy (non-hydrogen) atoms. The highest BCUT2D eigenvalue weighted by molar-refractivity contribution is 5.94. The quantitative estimate of drug-likeness (QED) is 0.926. The average Bonchev–Trinajstić information content (AvgIpc) is 2.61. The number of halogens is 2. The van der Waals surface area contributed by atoms with Crippen LogP contribution in [0.3, 0.4) is 0 Å². The van der Waals surface area contributed by atoms with Gasteiger partial charge in [-0.15, -0.1) is 0 Å². The SMILES string of the molecule is CC(c1ccc(F)cc1F)N1CCN(C(=O)c2cc[nH]c(=O)c2)CC1. The zero-order chi connectivity index (χ0) is 18.0. The summed E-state index contributed by atoms with van der Waals surface area (Å²) in [6.07, 6.45) is 1.45. The predicted octanol–water partition coefficient (Wildman–Crippen LogP) is 2.17. The minimum atomic E-state index is -0.596. The third-order valence-corrected chi connectivity index (χ3v) is 4.58. The lowest BCUT2D eigenvalue weighted by atomic mass is 10.0. The summed E-state index contributed by atoms with van der Waals surface area (Å²) in [5, 5.41) is 0. The average molecular weight is 347 g/mol. The Kier molecular flexibility index (Phi) is 4.94. The summed E-state index contributed by atoms with van der Waals surface area (Å²) >= 11 is 0. The van der Waals surface area contributed by atoms with Gasteiger partial charge in [-0.1, -0.05) is 6.07 Å². The number of amides is 1. The fourth-order valence-corrected chi connectivity index (χ4v) is 3.11. The zero-order valence-corrected chi connectivity index (χ0v) is 13.8. The number of hydrogen-bond acceptors (Lipinski definition) is 3. The molecule has 2 aromatic rings. The van der Waals surface area contributed by atoms with Gasteiger partial charge >= 0.3 is 0 Å². The van der Waals surface area contributed by atoms with Gasteiger partial charge in [0.1, 0.15) is 11.6 Å². The van der Waals surface area contributed by atoms with Crippen LogP contribution in [-0.4, -0.2) is 46.9 Å². The van der Waals surface area contributed by atoms with E-state index in [1.54, 1.807) is 11.0 Å². The number of rotatable bonds is 3. The summed E-state index contributed by atoms with van der Waals surface area (Å²) in [5.41, 5.74) is 0.482. The van der Waals surface area contributed by atoms with E-state index in [1.165, 1.54) is 24.4 Å². The van der Waals surface area contributed by atoms with Crippen molar-refractivity contribution in [1.29, 1.82) is 0 Å². The molecule has 7 heteroatoms. The van der Waals surface area contributed by atoms with E-state index in [2.05, 4.69) is 9.88 Å². The number of hydrogen-bond donors (Lipinski definition) is 1. The lowest BCUT2D eigenvalue weighted by molar-refractivity contribution is 0.0578. The number of nitrogens with one attached hydrogen (secondary N) is 1. The first-order valence-corrected chi connectivity index (χ1v) is 8.13. The predicted molar refractivity (Wildman–Crippen MR) is 89.3 cm³/mol. The topological polar surface area (TPSA) is 56.4 Å². The molecule has 1 N–H and O–H groups in total. The second kappa shape index (κ2) is 7.14. The second-order valence-electron chi connectivity index (χ2n) is 6.11. The van der Waals surface area contributed by atoms with Crippen LogP contribution in [0.15, 0.2) is 41.3 Å². The highest BCUT2D eigenvalue weighted by atomic mass is 19.1. The molecule has 1 saturated heterocycles. The lowest BCUT2D eigenvalue weighted by Crippen LogP contribution is -2.49. The van der Waals surface area contributed by atoms with Crippen LogP contribution in [0.4, 0.5) is 8.78 Å². The molecule has 1 aliphatic heterocycles. The van der Waals surface area contributed by atoms with Gasteiger partial charge in [0.05, 0.1) is 0 Å². The summed E-state index contributed by atoms with van der Waals surface area (Å²) in [6.45, 7) is 3.99. The number of carbonyl (C=O) groups is 1. The smallest absolute Gasteiger partial charge is 0.254 e. The van der Waals surface area contributed by atoms with Gasteiger partial charge in [-0.2, -0.15) is 0 Å². The summed E-state index contributed by atoms with van der Waals surface area (Å²) in [6, 6.07) is 6.25. The van der Waals surface area contributed by atoms with Gasteiger partial charge in [-0.3, -0.25) is 14.5 Å². The minimum Gasteiger partial charge on any atom is -0.336 e. The maximum absolute atomic E-state index is 14.0. The Hall–Kier alpha value is -2.54. The number of piperazine rings is 1. The maximum atomic E-state index is 14.0. The molecule has 1 fully saturated rings. The Morgan fingerprint density at radius 1 is 1.12 bits per heavy atom. The Balaban J connectivity index is 1.65. The molecule has 0 spiro atoms. The van der Waals surface area contributed by atoms with Crippen LogP contribution in [0.25, 0.3) is 0 Å². The Morgan fingerprint density at radius 3 is 2.48 bits per heavy atom. The van der Waals surface area contributed by atoms with Crippen molar-refractivity contribution >= 4 is 5.91 Å². The molecule has 3 rings (SSSR count). The Labute approximate surface area is 143 Å². The molecule has 1 amide bonds. The van der Waals surface area contributed by atoms with Gasteiger partial charge in [-0.05, 0) is 19.1 Å². The second-order valence-corrected chi connectivity index (χ2v) is 6.11. The van der Waals surface area contributed by atoms with Crippen LogP contribution in [0.1, 0.15) is 28.9 Å². The number of aromatic nitrogens is 1. The number of carbonyl (C=O) groups excluding carboxylic acids is 1. The van der Waals surface area contributed by atoms with Gasteiger partial charge in [0, 0.05) is 61.7 Å². The molecule has 1 aromatic heterocycles. The number of pyridine rings is 1. The van der Waals surface area contributed by atoms with Crippen LogP contribution >= 0.6 is 0 Å². The van der Waals surface area contributed by atoms with E-state index in [0.29, 0.717) is 37.3 Å². The van der Waals surface area contributed by atoms with Crippen molar-refractivity contribution < 1.29 is 13.6 Å². The highest BCUT2D eigenvalue weighted by Crippen LogP contribution is 2.25. The van der Waals surface area contributed by atoms with Crippen LogP contribution in [0, 0.1) is 11.6 Å². The normalized spacial score (nSPS) is 16.7. The molecule has 0 bridgehead atoms. The van der Waals surface area contributed by atoms with Crippen LogP contribution < -0.4 is 5.56 Å². The van der Waals surface area contributed by atoms with Crippen molar-refractivity contribution in [1.82, 2.24) is 14.8 Å². The number of nitrogens with zero attached hydrogens (tertiary/aromatic N) is 2. The first-order valence-electron chi connectivity index (χ1n) is 8.13. The fraction of sp³-hybridized carbons (Fsp3) is 0.333. The first kappa shape index (κ1) is 17.3. The summed E-state index contributed by atoms with van der Waals surface area (Å²) < 4.78 is 27.0. The van der Waals surface area contributed by atoms with Gasteiger partial charge in [-0.25, -0.2) is 8.78 Å². The number of benzene rings is 1. The third-order valence-electron chi connectivity index (χ3n) is 4.58. The molecule has 5 nitrogen and oxygen atoms in total. The van der Waals surface area contributed by atoms with Crippen molar-refractivity contribution in [3.63, 3.8) is 0 Å². The molecular formula is C18H19F2N3O2. The molecule has 0 saturated carbocycles. The van der Waals surface area contributed by atoms with Gasteiger partial charge < -0.3 is 9.88 Å². The van der Waals surface area contributed by atoms with Crippen molar-refractivity contribution in [2.24, 2.45) is 0 Å². The van der Waals surface area contributed by atoms with Crippen LogP contribution in [-0.2, 0) is 0 Å². The molecule has 0 radical (unpaired) electrons. The monoisotopic (exact) mass is 347 g/mol. The largest absolute Gasteiger partial charge is 0.336 e. The van der Waals surface area contributed by atoms with E-state index in [1.807, 2.05) is 6.92 Å². The summed E-state index contributed by atoms with van der Waals surface area (Å²) in [4.78, 5) is 30.0. The molecule has 1 aromatic carbocycles. The minimum absolute atomic E-state index is 0.189. The molecular weight excluding hydrogens is 328 g/mol. The van der Waals surface area contributed by atoms with E-state index in [0.717, 1.165) is 6.07 Å². The van der Waals surface area contributed by atoms with Crippen molar-refractivity contribution in [3.05, 3.63) is 69.6 Å². The number of H-pyrrole nitrogens is 1.